The number of rotatable bonds is 6. The maximum atomic E-state index is 10.8. The van der Waals surface area contributed by atoms with Gasteiger partial charge in [0.05, 0.1) is 0 Å². The molecule has 0 amide bonds. The molecule has 1 atom stereocenters. The molecule has 2 rings (SSSR count). The first-order valence-corrected chi connectivity index (χ1v) is 7.29. The van der Waals surface area contributed by atoms with Gasteiger partial charge >= 0.3 is 5.97 Å². The van der Waals surface area contributed by atoms with Gasteiger partial charge in [0.15, 0.2) is 0 Å². The van der Waals surface area contributed by atoms with Crippen LogP contribution in [0.1, 0.15) is 34.3 Å². The van der Waals surface area contributed by atoms with Crippen LogP contribution < -0.4 is 5.32 Å². The van der Waals surface area contributed by atoms with Gasteiger partial charge in [-0.1, -0.05) is 6.92 Å². The van der Waals surface area contributed by atoms with Crippen LogP contribution in [-0.2, 0) is 6.54 Å². The third-order valence-corrected chi connectivity index (χ3v) is 4.53. The fourth-order valence-corrected chi connectivity index (χ4v) is 3.31. The van der Waals surface area contributed by atoms with E-state index in [0.717, 1.165) is 24.5 Å². The van der Waals surface area contributed by atoms with E-state index in [1.165, 1.54) is 30.7 Å². The van der Waals surface area contributed by atoms with Crippen molar-refractivity contribution in [2.45, 2.75) is 32.4 Å². The highest BCUT2D eigenvalue weighted by Crippen LogP contribution is 2.18. The van der Waals surface area contributed by atoms with Crippen LogP contribution in [0.15, 0.2) is 12.1 Å². The van der Waals surface area contributed by atoms with E-state index in [1.54, 1.807) is 6.07 Å². The summed E-state index contributed by atoms with van der Waals surface area (Å²) in [5.74, 6) is -0.834. The van der Waals surface area contributed by atoms with E-state index in [9.17, 15) is 4.79 Å². The number of nitrogens with zero attached hydrogens (tertiary/aromatic N) is 1. The molecule has 0 saturated carbocycles. The number of hydrogen-bond acceptors (Lipinski definition) is 4. The van der Waals surface area contributed by atoms with Gasteiger partial charge in [0.2, 0.25) is 0 Å². The topological polar surface area (TPSA) is 52.6 Å². The standard InChI is InChI=1S/C13H20N2O2S/c1-2-15-7-3-4-10(15)8-14-9-11-5-6-12(18-11)13(16)17/h5-6,10,14H,2-4,7-9H2,1H3,(H,16,17). The predicted octanol–water partition coefficient (Wildman–Crippen LogP) is 2.02. The van der Waals surface area contributed by atoms with Crippen molar-refractivity contribution in [3.05, 3.63) is 21.9 Å². The molecular formula is C13H20N2O2S. The van der Waals surface area contributed by atoms with Crippen LogP contribution in [0, 0.1) is 0 Å². The molecule has 0 spiro atoms. The Morgan fingerprint density at radius 3 is 3.11 bits per heavy atom. The van der Waals surface area contributed by atoms with Crippen molar-refractivity contribution in [1.82, 2.24) is 10.2 Å². The van der Waals surface area contributed by atoms with Crippen LogP contribution in [0.4, 0.5) is 0 Å². The molecule has 2 N–H and O–H groups in total. The minimum Gasteiger partial charge on any atom is -0.477 e. The molecule has 1 aliphatic heterocycles. The fourth-order valence-electron chi connectivity index (χ4n) is 2.49. The summed E-state index contributed by atoms with van der Waals surface area (Å²) in [4.78, 5) is 14.8. The molecule has 4 nitrogen and oxygen atoms in total. The van der Waals surface area contributed by atoms with Gasteiger partial charge < -0.3 is 10.4 Å². The second kappa shape index (κ2) is 6.31. The summed E-state index contributed by atoms with van der Waals surface area (Å²) in [6, 6.07) is 4.22. The average Bonchev–Trinajstić information content (AvgIpc) is 2.97. The van der Waals surface area contributed by atoms with Gasteiger partial charge in [-0.15, -0.1) is 11.3 Å². The molecule has 0 aromatic carbocycles. The number of aromatic carboxylic acids is 1. The highest BCUT2D eigenvalue weighted by atomic mass is 32.1. The van der Waals surface area contributed by atoms with Crippen molar-refractivity contribution in [1.29, 1.82) is 0 Å². The van der Waals surface area contributed by atoms with Crippen LogP contribution in [0.25, 0.3) is 0 Å². The molecule has 0 bridgehead atoms. The minimum atomic E-state index is -0.834. The molecule has 1 aromatic heterocycles. The molecule has 1 aromatic rings. The molecular weight excluding hydrogens is 248 g/mol. The maximum Gasteiger partial charge on any atom is 0.345 e. The van der Waals surface area contributed by atoms with Gasteiger partial charge in [-0.2, -0.15) is 0 Å². The number of likely N-dealkylation sites (tertiary alicyclic amines) is 1. The second-order valence-corrected chi connectivity index (χ2v) is 5.79. The van der Waals surface area contributed by atoms with E-state index in [4.69, 9.17) is 5.11 Å². The number of thiophene rings is 1. The summed E-state index contributed by atoms with van der Waals surface area (Å²) in [5.41, 5.74) is 0. The van der Waals surface area contributed by atoms with Gasteiger partial charge in [0, 0.05) is 24.0 Å². The normalized spacial score (nSPS) is 20.4. The Morgan fingerprint density at radius 2 is 2.44 bits per heavy atom. The SMILES string of the molecule is CCN1CCCC1CNCc1ccc(C(=O)O)s1. The van der Waals surface area contributed by atoms with Crippen LogP contribution in [0.3, 0.4) is 0 Å². The lowest BCUT2D eigenvalue weighted by Crippen LogP contribution is -2.37. The number of hydrogen-bond donors (Lipinski definition) is 2. The van der Waals surface area contributed by atoms with Crippen molar-refractivity contribution in [2.75, 3.05) is 19.6 Å². The summed E-state index contributed by atoms with van der Waals surface area (Å²) in [7, 11) is 0. The lowest BCUT2D eigenvalue weighted by molar-refractivity contribution is 0.0702. The maximum absolute atomic E-state index is 10.8. The van der Waals surface area contributed by atoms with Crippen LogP contribution in [0.5, 0.6) is 0 Å². The zero-order valence-electron chi connectivity index (χ0n) is 10.7. The summed E-state index contributed by atoms with van der Waals surface area (Å²) in [5, 5.41) is 12.3. The zero-order chi connectivity index (χ0) is 13.0. The molecule has 2 heterocycles. The van der Waals surface area contributed by atoms with Gasteiger partial charge in [0.1, 0.15) is 4.88 Å². The largest absolute Gasteiger partial charge is 0.477 e. The Labute approximate surface area is 112 Å². The third kappa shape index (κ3) is 3.31. The Bertz CT molecular complexity index is 405. The summed E-state index contributed by atoms with van der Waals surface area (Å²) >= 11 is 1.35. The Hall–Kier alpha value is -0.910. The van der Waals surface area contributed by atoms with Gasteiger partial charge in [0.25, 0.3) is 0 Å². The average molecular weight is 268 g/mol. The first kappa shape index (κ1) is 13.5. The number of carboxylic acids is 1. The van der Waals surface area contributed by atoms with E-state index in [2.05, 4.69) is 17.1 Å². The summed E-state index contributed by atoms with van der Waals surface area (Å²) < 4.78 is 0. The number of nitrogens with one attached hydrogen (secondary N) is 1. The van der Waals surface area contributed by atoms with Crippen LogP contribution in [-0.4, -0.2) is 41.7 Å². The van der Waals surface area contributed by atoms with E-state index < -0.39 is 5.97 Å². The first-order chi connectivity index (χ1) is 8.70. The summed E-state index contributed by atoms with van der Waals surface area (Å²) in [6.07, 6.45) is 2.56. The lowest BCUT2D eigenvalue weighted by atomic mass is 10.2. The zero-order valence-corrected chi connectivity index (χ0v) is 11.5. The molecule has 100 valence electrons. The van der Waals surface area contributed by atoms with E-state index >= 15 is 0 Å². The van der Waals surface area contributed by atoms with Gasteiger partial charge in [-0.05, 0) is 38.1 Å². The summed E-state index contributed by atoms with van der Waals surface area (Å²) in [6.45, 7) is 6.30. The Morgan fingerprint density at radius 1 is 1.61 bits per heavy atom. The predicted molar refractivity (Wildman–Crippen MR) is 73.3 cm³/mol. The minimum absolute atomic E-state index is 0.419. The molecule has 18 heavy (non-hydrogen) atoms. The quantitative estimate of drug-likeness (QED) is 0.829. The fraction of sp³-hybridized carbons (Fsp3) is 0.615. The lowest BCUT2D eigenvalue weighted by Gasteiger charge is -2.22. The van der Waals surface area contributed by atoms with E-state index in [1.807, 2.05) is 6.07 Å². The van der Waals surface area contributed by atoms with Crippen molar-refractivity contribution >= 4 is 17.3 Å². The van der Waals surface area contributed by atoms with E-state index in [-0.39, 0.29) is 0 Å². The molecule has 1 unspecified atom stereocenters. The first-order valence-electron chi connectivity index (χ1n) is 6.47. The van der Waals surface area contributed by atoms with Gasteiger partial charge in [-0.25, -0.2) is 4.79 Å². The smallest absolute Gasteiger partial charge is 0.345 e. The highest BCUT2D eigenvalue weighted by Gasteiger charge is 2.22. The van der Waals surface area contributed by atoms with Crippen molar-refractivity contribution in [2.24, 2.45) is 0 Å². The third-order valence-electron chi connectivity index (χ3n) is 3.46. The van der Waals surface area contributed by atoms with Gasteiger partial charge in [-0.3, -0.25) is 4.90 Å². The van der Waals surface area contributed by atoms with Crippen molar-refractivity contribution in [3.8, 4) is 0 Å². The second-order valence-electron chi connectivity index (χ2n) is 4.63. The van der Waals surface area contributed by atoms with E-state index in [0.29, 0.717) is 10.9 Å². The van der Waals surface area contributed by atoms with Crippen LogP contribution in [0.2, 0.25) is 0 Å². The molecule has 1 fully saturated rings. The Kier molecular flexibility index (Phi) is 4.74. The van der Waals surface area contributed by atoms with Crippen molar-refractivity contribution < 1.29 is 9.90 Å². The molecule has 1 saturated heterocycles. The van der Waals surface area contributed by atoms with Crippen LogP contribution >= 0.6 is 11.3 Å². The molecule has 1 aliphatic rings. The number of likely N-dealkylation sites (N-methyl/N-ethyl adjacent to an activating group) is 1. The number of carbonyl (C=O) groups is 1. The molecule has 5 heteroatoms. The molecule has 0 aliphatic carbocycles. The van der Waals surface area contributed by atoms with Crippen molar-refractivity contribution in [3.63, 3.8) is 0 Å². The molecule has 0 radical (unpaired) electrons. The highest BCUT2D eigenvalue weighted by molar-refractivity contribution is 7.13. The monoisotopic (exact) mass is 268 g/mol. The Balaban J connectivity index is 1.76. The number of carboxylic acid groups (broad SMARTS) is 1.